The molecule has 3 rings (SSSR count). The van der Waals surface area contributed by atoms with E-state index in [1.165, 1.54) is 0 Å². The zero-order valence-electron chi connectivity index (χ0n) is 15.0. The number of nitrogens with zero attached hydrogens (tertiary/aromatic N) is 3. The Morgan fingerprint density at radius 1 is 1.22 bits per heavy atom. The van der Waals surface area contributed by atoms with E-state index in [4.69, 9.17) is 16.3 Å². The highest BCUT2D eigenvalue weighted by molar-refractivity contribution is 6.29. The molecule has 0 aliphatic carbocycles. The summed E-state index contributed by atoms with van der Waals surface area (Å²) in [4.78, 5) is 26.4. The molecule has 1 unspecified atom stereocenters. The molecule has 8 heteroatoms. The van der Waals surface area contributed by atoms with E-state index in [1.807, 2.05) is 11.0 Å². The van der Waals surface area contributed by atoms with Crippen LogP contribution in [0.3, 0.4) is 0 Å². The number of nitrogens with one attached hydrogen (secondary N) is 1. The fourth-order valence-electron chi connectivity index (χ4n) is 3.03. The van der Waals surface area contributed by atoms with E-state index in [0.29, 0.717) is 29.6 Å². The Morgan fingerprint density at radius 2 is 2.00 bits per heavy atom. The Hall–Kier alpha value is -2.67. The molecule has 1 fully saturated rings. The Morgan fingerprint density at radius 3 is 2.67 bits per heavy atom. The second-order valence-corrected chi connectivity index (χ2v) is 6.67. The van der Waals surface area contributed by atoms with Gasteiger partial charge in [0.25, 0.3) is 0 Å². The molecule has 142 valence electrons. The van der Waals surface area contributed by atoms with E-state index in [9.17, 15) is 9.59 Å². The van der Waals surface area contributed by atoms with Gasteiger partial charge in [0.05, 0.1) is 18.1 Å². The molecular formula is C19H21ClN4O3. The molecule has 1 aliphatic heterocycles. The van der Waals surface area contributed by atoms with Crippen LogP contribution in [0, 0.1) is 5.92 Å². The second kappa shape index (κ2) is 8.81. The SMILES string of the molecule is CCOC(=O)c1ccc(NC(=O)C2CCCN(c3ccc(Cl)nn3)C2)cc1. The molecule has 1 aliphatic rings. The number of esters is 1. The van der Waals surface area contributed by atoms with Gasteiger partial charge in [-0.2, -0.15) is 0 Å². The first kappa shape index (κ1) is 19.1. The fraction of sp³-hybridized carbons (Fsp3) is 0.368. The predicted molar refractivity (Wildman–Crippen MR) is 103 cm³/mol. The van der Waals surface area contributed by atoms with Gasteiger partial charge in [0.2, 0.25) is 5.91 Å². The summed E-state index contributed by atoms with van der Waals surface area (Å²) in [6.45, 7) is 3.49. The number of halogens is 1. The van der Waals surface area contributed by atoms with E-state index in [1.54, 1.807) is 37.3 Å². The third-order valence-electron chi connectivity index (χ3n) is 4.40. The molecule has 1 aromatic heterocycles. The molecule has 2 heterocycles. The summed E-state index contributed by atoms with van der Waals surface area (Å²) in [5.74, 6) is 0.143. The lowest BCUT2D eigenvalue weighted by atomic mass is 9.97. The third-order valence-corrected chi connectivity index (χ3v) is 4.60. The zero-order chi connectivity index (χ0) is 19.2. The maximum absolute atomic E-state index is 12.6. The van der Waals surface area contributed by atoms with E-state index >= 15 is 0 Å². The first-order chi connectivity index (χ1) is 13.1. The second-order valence-electron chi connectivity index (χ2n) is 6.29. The van der Waals surface area contributed by atoms with E-state index in [-0.39, 0.29) is 17.8 Å². The van der Waals surface area contributed by atoms with Gasteiger partial charge in [-0.15, -0.1) is 10.2 Å². The van der Waals surface area contributed by atoms with Crippen LogP contribution in [0.15, 0.2) is 36.4 Å². The lowest BCUT2D eigenvalue weighted by Gasteiger charge is -2.32. The minimum atomic E-state index is -0.373. The Balaban J connectivity index is 1.60. The van der Waals surface area contributed by atoms with Crippen molar-refractivity contribution in [2.75, 3.05) is 29.9 Å². The van der Waals surface area contributed by atoms with Crippen LogP contribution < -0.4 is 10.2 Å². The molecule has 7 nitrogen and oxygen atoms in total. The van der Waals surface area contributed by atoms with Crippen LogP contribution >= 0.6 is 11.6 Å². The topological polar surface area (TPSA) is 84.4 Å². The average Bonchev–Trinajstić information content (AvgIpc) is 2.69. The first-order valence-electron chi connectivity index (χ1n) is 8.89. The van der Waals surface area contributed by atoms with E-state index in [2.05, 4.69) is 15.5 Å². The molecule has 1 N–H and O–H groups in total. The van der Waals surface area contributed by atoms with Crippen LogP contribution in [0.4, 0.5) is 11.5 Å². The minimum Gasteiger partial charge on any atom is -0.462 e. The molecule has 0 spiro atoms. The standard InChI is InChI=1S/C19H21ClN4O3/c1-2-27-19(26)13-5-7-15(8-6-13)21-18(25)14-4-3-11-24(12-14)17-10-9-16(20)22-23-17/h5-10,14H,2-4,11-12H2,1H3,(H,21,25). The lowest BCUT2D eigenvalue weighted by Crippen LogP contribution is -2.41. The van der Waals surface area contributed by atoms with Crippen molar-refractivity contribution in [1.29, 1.82) is 0 Å². The molecule has 1 atom stereocenters. The number of carbonyl (C=O) groups is 2. The quantitative estimate of drug-likeness (QED) is 0.792. The van der Waals surface area contributed by atoms with Gasteiger partial charge in [0.15, 0.2) is 11.0 Å². The first-order valence-corrected chi connectivity index (χ1v) is 9.27. The van der Waals surface area contributed by atoms with Gasteiger partial charge in [0, 0.05) is 18.8 Å². The molecule has 1 aromatic carbocycles. The average molecular weight is 389 g/mol. The summed E-state index contributed by atoms with van der Waals surface area (Å²) in [5, 5.41) is 11.2. The number of carbonyl (C=O) groups excluding carboxylic acids is 2. The van der Waals surface area contributed by atoms with Crippen LogP contribution in [-0.4, -0.2) is 41.8 Å². The van der Waals surface area contributed by atoms with Gasteiger partial charge in [-0.25, -0.2) is 4.79 Å². The number of amides is 1. The van der Waals surface area contributed by atoms with Gasteiger partial charge in [-0.3, -0.25) is 4.79 Å². The Labute approximate surface area is 162 Å². The van der Waals surface area contributed by atoms with Crippen molar-refractivity contribution in [3.8, 4) is 0 Å². The van der Waals surface area contributed by atoms with E-state index in [0.717, 1.165) is 25.2 Å². The fourth-order valence-corrected chi connectivity index (χ4v) is 3.13. The normalized spacial score (nSPS) is 16.7. The number of anilines is 2. The summed E-state index contributed by atoms with van der Waals surface area (Å²) < 4.78 is 4.95. The summed E-state index contributed by atoms with van der Waals surface area (Å²) in [6, 6.07) is 10.2. The highest BCUT2D eigenvalue weighted by Gasteiger charge is 2.26. The number of hydrogen-bond acceptors (Lipinski definition) is 6. The van der Waals surface area contributed by atoms with Gasteiger partial charge >= 0.3 is 5.97 Å². The van der Waals surface area contributed by atoms with Crippen molar-refractivity contribution in [3.63, 3.8) is 0 Å². The van der Waals surface area contributed by atoms with Crippen molar-refractivity contribution >= 4 is 35.0 Å². The van der Waals surface area contributed by atoms with Crippen LogP contribution in [0.1, 0.15) is 30.1 Å². The summed E-state index contributed by atoms with van der Waals surface area (Å²) in [6.07, 6.45) is 1.70. The number of piperidine rings is 1. The van der Waals surface area contributed by atoms with Gasteiger partial charge in [-0.1, -0.05) is 11.6 Å². The monoisotopic (exact) mass is 388 g/mol. The molecule has 27 heavy (non-hydrogen) atoms. The largest absolute Gasteiger partial charge is 0.462 e. The van der Waals surface area contributed by atoms with E-state index < -0.39 is 0 Å². The molecule has 1 saturated heterocycles. The number of aromatic nitrogens is 2. The Bertz CT molecular complexity index is 796. The van der Waals surface area contributed by atoms with Crippen LogP contribution in [-0.2, 0) is 9.53 Å². The van der Waals surface area contributed by atoms with Crippen molar-refractivity contribution in [2.24, 2.45) is 5.92 Å². The molecule has 1 amide bonds. The van der Waals surface area contributed by atoms with Crippen molar-refractivity contribution in [1.82, 2.24) is 10.2 Å². The van der Waals surface area contributed by atoms with Gasteiger partial charge < -0.3 is 15.0 Å². The van der Waals surface area contributed by atoms with Crippen molar-refractivity contribution in [3.05, 3.63) is 47.1 Å². The third kappa shape index (κ3) is 4.95. The van der Waals surface area contributed by atoms with Crippen LogP contribution in [0.25, 0.3) is 0 Å². The minimum absolute atomic E-state index is 0.0505. The smallest absolute Gasteiger partial charge is 0.338 e. The summed E-state index contributed by atoms with van der Waals surface area (Å²) in [5.41, 5.74) is 1.11. The molecule has 0 bridgehead atoms. The maximum Gasteiger partial charge on any atom is 0.338 e. The van der Waals surface area contributed by atoms with Gasteiger partial charge in [-0.05, 0) is 56.2 Å². The number of hydrogen-bond donors (Lipinski definition) is 1. The number of ether oxygens (including phenoxy) is 1. The summed E-state index contributed by atoms with van der Waals surface area (Å²) in [7, 11) is 0. The number of benzene rings is 1. The Kier molecular flexibility index (Phi) is 6.24. The van der Waals surface area contributed by atoms with Crippen molar-refractivity contribution in [2.45, 2.75) is 19.8 Å². The highest BCUT2D eigenvalue weighted by Crippen LogP contribution is 2.23. The van der Waals surface area contributed by atoms with Crippen LogP contribution in [0.5, 0.6) is 0 Å². The molecular weight excluding hydrogens is 368 g/mol. The van der Waals surface area contributed by atoms with Gasteiger partial charge in [0.1, 0.15) is 0 Å². The molecule has 0 saturated carbocycles. The highest BCUT2D eigenvalue weighted by atomic mass is 35.5. The summed E-state index contributed by atoms with van der Waals surface area (Å²) >= 11 is 5.78. The molecule has 0 radical (unpaired) electrons. The predicted octanol–water partition coefficient (Wildman–Crippen LogP) is 3.16. The lowest BCUT2D eigenvalue weighted by molar-refractivity contribution is -0.120. The zero-order valence-corrected chi connectivity index (χ0v) is 15.8. The molecule has 2 aromatic rings. The van der Waals surface area contributed by atoms with Crippen LogP contribution in [0.2, 0.25) is 5.15 Å². The maximum atomic E-state index is 12.6. The van der Waals surface area contributed by atoms with Crippen molar-refractivity contribution < 1.29 is 14.3 Å². The number of rotatable bonds is 5.